The van der Waals surface area contributed by atoms with Crippen LogP contribution in [0.3, 0.4) is 0 Å². The summed E-state index contributed by atoms with van der Waals surface area (Å²) in [4.78, 5) is 0. The van der Waals surface area contributed by atoms with Gasteiger partial charge >= 0.3 is 0 Å². The summed E-state index contributed by atoms with van der Waals surface area (Å²) in [5.74, 6) is 1.06. The molecule has 0 spiro atoms. The highest BCUT2D eigenvalue weighted by molar-refractivity contribution is 5.55. The molecule has 0 saturated carbocycles. The highest BCUT2D eigenvalue weighted by atomic mass is 16.3. The third kappa shape index (κ3) is 6.85. The minimum atomic E-state index is -0.214. The van der Waals surface area contributed by atoms with Gasteiger partial charge in [0.05, 0.1) is 0 Å². The maximum Gasteiger partial charge on any atom is 0.123 e. The summed E-state index contributed by atoms with van der Waals surface area (Å²) in [6, 6.07) is 12.5. The first-order chi connectivity index (χ1) is 18.0. The van der Waals surface area contributed by atoms with Gasteiger partial charge in [0.15, 0.2) is 0 Å². The first kappa shape index (κ1) is 31.6. The number of rotatable bonds is 4. The van der Waals surface area contributed by atoms with Gasteiger partial charge in [-0.05, 0) is 73.1 Å². The Hall–Kier alpha value is -2.94. The molecule has 0 aliphatic heterocycles. The fraction of sp³-hybridized carbons (Fsp3) is 0.514. The van der Waals surface area contributed by atoms with Crippen molar-refractivity contribution in [3.05, 3.63) is 86.5 Å². The lowest BCUT2D eigenvalue weighted by molar-refractivity contribution is 0.422. The summed E-state index contributed by atoms with van der Waals surface area (Å²) in [5.41, 5.74) is 7.86. The molecule has 0 heterocycles. The largest absolute Gasteiger partial charge is 0.507 e. The SMILES string of the molecule is Cc1cc(Cc2cc(C(C)(C)C)c(O)c(C(C)(C)C)c2)c(O)c(Cc2cc(C(C)(C)C)c(O)c(C(C)(C)C)c2)c1. The zero-order chi connectivity index (χ0) is 30.6. The molecule has 0 aromatic heterocycles. The van der Waals surface area contributed by atoms with Gasteiger partial charge in [0.1, 0.15) is 17.2 Å². The van der Waals surface area contributed by atoms with Gasteiger partial charge in [-0.15, -0.1) is 0 Å². The average Bonchev–Trinajstić information content (AvgIpc) is 2.75. The van der Waals surface area contributed by atoms with Crippen molar-refractivity contribution >= 4 is 0 Å². The molecule has 0 aliphatic carbocycles. The van der Waals surface area contributed by atoms with E-state index in [9.17, 15) is 15.3 Å². The van der Waals surface area contributed by atoms with Crippen LogP contribution in [0.2, 0.25) is 0 Å². The molecule has 3 nitrogen and oxygen atoms in total. The van der Waals surface area contributed by atoms with Crippen molar-refractivity contribution in [2.24, 2.45) is 0 Å². The van der Waals surface area contributed by atoms with Crippen LogP contribution >= 0.6 is 0 Å². The van der Waals surface area contributed by atoms with Gasteiger partial charge in [-0.2, -0.15) is 0 Å². The molecule has 40 heavy (non-hydrogen) atoms. The predicted molar refractivity (Wildman–Crippen MR) is 169 cm³/mol. The Labute approximate surface area is 243 Å². The molecule has 0 saturated heterocycles. The minimum Gasteiger partial charge on any atom is -0.507 e. The highest BCUT2D eigenvalue weighted by Gasteiger charge is 2.28. The predicted octanol–water partition coefficient (Wildman–Crippen LogP) is 9.48. The zero-order valence-electron chi connectivity index (χ0n) is 27.2. The Morgan fingerprint density at radius 1 is 0.425 bits per heavy atom. The van der Waals surface area contributed by atoms with E-state index in [2.05, 4.69) is 126 Å². The second kappa shape index (κ2) is 10.5. The van der Waals surface area contributed by atoms with E-state index in [1.165, 1.54) is 0 Å². The van der Waals surface area contributed by atoms with Crippen LogP contribution in [0, 0.1) is 6.92 Å². The van der Waals surface area contributed by atoms with Crippen molar-refractivity contribution in [1.82, 2.24) is 0 Å². The topological polar surface area (TPSA) is 60.7 Å². The van der Waals surface area contributed by atoms with Crippen LogP contribution < -0.4 is 0 Å². The molecule has 0 bridgehead atoms. The van der Waals surface area contributed by atoms with Crippen LogP contribution in [-0.4, -0.2) is 15.3 Å². The van der Waals surface area contributed by atoms with Crippen molar-refractivity contribution in [1.29, 1.82) is 0 Å². The van der Waals surface area contributed by atoms with Crippen LogP contribution in [0.25, 0.3) is 0 Å². The fourth-order valence-electron chi connectivity index (χ4n) is 5.52. The molecular weight excluding hydrogens is 492 g/mol. The summed E-state index contributed by atoms with van der Waals surface area (Å²) in [5, 5.41) is 33.9. The van der Waals surface area contributed by atoms with E-state index in [-0.39, 0.29) is 21.7 Å². The van der Waals surface area contributed by atoms with E-state index in [0.29, 0.717) is 30.1 Å². The summed E-state index contributed by atoms with van der Waals surface area (Å²) < 4.78 is 0. The molecule has 3 heteroatoms. The van der Waals surface area contributed by atoms with Crippen LogP contribution in [0.5, 0.6) is 17.2 Å². The number of aryl methyl sites for hydroxylation is 1. The van der Waals surface area contributed by atoms with Gasteiger partial charge in [-0.25, -0.2) is 0 Å². The standard InChI is InChI=1S/C37H52O3/c1-22-14-25(16-23-18-27(34(2,3)4)32(39)28(19-23)35(5,6)7)31(38)26(15-22)17-24-20-29(36(8,9)10)33(40)30(21-24)37(11,12)13/h14-15,18-21,38-40H,16-17H2,1-13H3. The molecule has 0 amide bonds. The molecule has 0 aliphatic rings. The minimum absolute atomic E-state index is 0.214. The summed E-state index contributed by atoms with van der Waals surface area (Å²) in [7, 11) is 0. The van der Waals surface area contributed by atoms with Gasteiger partial charge in [-0.3, -0.25) is 0 Å². The number of hydrogen-bond acceptors (Lipinski definition) is 3. The van der Waals surface area contributed by atoms with Crippen LogP contribution in [0.15, 0.2) is 36.4 Å². The quantitative estimate of drug-likeness (QED) is 0.306. The number of benzene rings is 3. The van der Waals surface area contributed by atoms with E-state index in [1.54, 1.807) is 0 Å². The van der Waals surface area contributed by atoms with Gasteiger partial charge < -0.3 is 15.3 Å². The summed E-state index contributed by atoms with van der Waals surface area (Å²) in [6.45, 7) is 27.5. The Bertz CT molecular complexity index is 1220. The lowest BCUT2D eigenvalue weighted by Gasteiger charge is -2.28. The molecule has 0 atom stereocenters. The maximum atomic E-state index is 11.6. The second-order valence-electron chi connectivity index (χ2n) is 15.9. The van der Waals surface area contributed by atoms with E-state index in [4.69, 9.17) is 0 Å². The number of phenolic OH excluding ortho intramolecular Hbond substituents is 3. The van der Waals surface area contributed by atoms with Crippen molar-refractivity contribution in [3.8, 4) is 17.2 Å². The van der Waals surface area contributed by atoms with Gasteiger partial charge in [0.25, 0.3) is 0 Å². The molecule has 0 fully saturated rings. The third-order valence-electron chi connectivity index (χ3n) is 7.77. The van der Waals surface area contributed by atoms with Crippen molar-refractivity contribution < 1.29 is 15.3 Å². The molecule has 3 aromatic rings. The van der Waals surface area contributed by atoms with Crippen LogP contribution in [0.1, 0.15) is 133 Å². The monoisotopic (exact) mass is 544 g/mol. The second-order valence-corrected chi connectivity index (χ2v) is 15.9. The molecule has 0 unspecified atom stereocenters. The third-order valence-corrected chi connectivity index (χ3v) is 7.77. The Kier molecular flexibility index (Phi) is 8.27. The average molecular weight is 545 g/mol. The molecule has 3 rings (SSSR count). The van der Waals surface area contributed by atoms with Crippen LogP contribution in [0.4, 0.5) is 0 Å². The van der Waals surface area contributed by atoms with E-state index < -0.39 is 0 Å². The van der Waals surface area contributed by atoms with E-state index >= 15 is 0 Å². The normalized spacial score (nSPS) is 13.1. The van der Waals surface area contributed by atoms with Crippen molar-refractivity contribution in [2.45, 2.75) is 125 Å². The summed E-state index contributed by atoms with van der Waals surface area (Å²) >= 11 is 0. The van der Waals surface area contributed by atoms with E-state index in [0.717, 1.165) is 50.1 Å². The molecular formula is C37H52O3. The van der Waals surface area contributed by atoms with Crippen molar-refractivity contribution in [3.63, 3.8) is 0 Å². The first-order valence-electron chi connectivity index (χ1n) is 14.5. The molecule has 0 radical (unpaired) electrons. The Morgan fingerprint density at radius 2 is 0.675 bits per heavy atom. The Morgan fingerprint density at radius 3 is 0.900 bits per heavy atom. The van der Waals surface area contributed by atoms with E-state index in [1.807, 2.05) is 0 Å². The molecule has 218 valence electrons. The Balaban J connectivity index is 2.13. The smallest absolute Gasteiger partial charge is 0.123 e. The van der Waals surface area contributed by atoms with Gasteiger partial charge in [0, 0.05) is 12.8 Å². The highest BCUT2D eigenvalue weighted by Crippen LogP contribution is 2.42. The van der Waals surface area contributed by atoms with Crippen molar-refractivity contribution in [2.75, 3.05) is 0 Å². The number of aromatic hydroxyl groups is 3. The number of phenols is 3. The van der Waals surface area contributed by atoms with Crippen LogP contribution in [-0.2, 0) is 34.5 Å². The number of hydrogen-bond donors (Lipinski definition) is 3. The zero-order valence-corrected chi connectivity index (χ0v) is 27.2. The summed E-state index contributed by atoms with van der Waals surface area (Å²) in [6.07, 6.45) is 1.14. The van der Waals surface area contributed by atoms with Gasteiger partial charge in [-0.1, -0.05) is 125 Å². The first-order valence-corrected chi connectivity index (χ1v) is 14.5. The van der Waals surface area contributed by atoms with Gasteiger partial charge in [0.2, 0.25) is 0 Å². The molecule has 3 N–H and O–H groups in total. The fourth-order valence-corrected chi connectivity index (χ4v) is 5.52. The lowest BCUT2D eigenvalue weighted by atomic mass is 9.77. The molecule has 3 aromatic carbocycles. The maximum absolute atomic E-state index is 11.6. The lowest BCUT2D eigenvalue weighted by Crippen LogP contribution is -2.18.